The summed E-state index contributed by atoms with van der Waals surface area (Å²) < 4.78 is 13.8. The van der Waals surface area contributed by atoms with E-state index in [1.165, 1.54) is 6.07 Å². The fourth-order valence-electron chi connectivity index (χ4n) is 2.48. The zero-order valence-electron chi connectivity index (χ0n) is 12.7. The van der Waals surface area contributed by atoms with Gasteiger partial charge in [0.2, 0.25) is 0 Å². The van der Waals surface area contributed by atoms with Gasteiger partial charge in [0.1, 0.15) is 5.82 Å². The standard InChI is InChI=1S/C18H21ClFNO/c1-2-6-14(12-22)21-17-10-9-16(20)18(19)15(17)11-13-7-4-3-5-8-13/h3-5,7-10,14,21-22H,2,6,11-12H2,1H3. The largest absolute Gasteiger partial charge is 0.394 e. The van der Waals surface area contributed by atoms with Crippen LogP contribution in [-0.2, 0) is 6.42 Å². The number of aliphatic hydroxyl groups excluding tert-OH is 1. The zero-order chi connectivity index (χ0) is 15.9. The SMILES string of the molecule is CCCC(CO)Nc1ccc(F)c(Cl)c1Cc1ccccc1. The van der Waals surface area contributed by atoms with Crippen molar-refractivity contribution in [1.82, 2.24) is 0 Å². The average molecular weight is 322 g/mol. The molecule has 0 aliphatic heterocycles. The first kappa shape index (κ1) is 16.8. The van der Waals surface area contributed by atoms with Crippen molar-refractivity contribution >= 4 is 17.3 Å². The number of hydrogen-bond acceptors (Lipinski definition) is 2. The number of rotatable bonds is 7. The van der Waals surface area contributed by atoms with Crippen LogP contribution in [0.1, 0.15) is 30.9 Å². The Morgan fingerprint density at radius 1 is 1.18 bits per heavy atom. The van der Waals surface area contributed by atoms with Crippen molar-refractivity contribution in [3.05, 3.63) is 64.4 Å². The molecule has 0 aromatic heterocycles. The molecule has 118 valence electrons. The van der Waals surface area contributed by atoms with Crippen LogP contribution in [0.25, 0.3) is 0 Å². The van der Waals surface area contributed by atoms with E-state index in [9.17, 15) is 9.50 Å². The fraction of sp³-hybridized carbons (Fsp3) is 0.333. The number of nitrogens with one attached hydrogen (secondary N) is 1. The van der Waals surface area contributed by atoms with E-state index >= 15 is 0 Å². The highest BCUT2D eigenvalue weighted by molar-refractivity contribution is 6.32. The molecular weight excluding hydrogens is 301 g/mol. The molecule has 0 heterocycles. The minimum Gasteiger partial charge on any atom is -0.394 e. The van der Waals surface area contributed by atoms with E-state index in [2.05, 4.69) is 12.2 Å². The highest BCUT2D eigenvalue weighted by atomic mass is 35.5. The molecule has 2 rings (SSSR count). The van der Waals surface area contributed by atoms with Crippen LogP contribution >= 0.6 is 11.6 Å². The van der Waals surface area contributed by atoms with Gasteiger partial charge in [-0.2, -0.15) is 0 Å². The Bertz CT molecular complexity index is 604. The lowest BCUT2D eigenvalue weighted by Crippen LogP contribution is -2.24. The van der Waals surface area contributed by atoms with Gasteiger partial charge < -0.3 is 10.4 Å². The van der Waals surface area contributed by atoms with E-state index in [0.29, 0.717) is 6.42 Å². The van der Waals surface area contributed by atoms with E-state index in [1.807, 2.05) is 30.3 Å². The average Bonchev–Trinajstić information content (AvgIpc) is 2.54. The molecule has 0 aliphatic rings. The second-order valence-corrected chi connectivity index (χ2v) is 5.74. The number of halogens is 2. The van der Waals surface area contributed by atoms with Crippen molar-refractivity contribution in [2.24, 2.45) is 0 Å². The van der Waals surface area contributed by atoms with Crippen molar-refractivity contribution < 1.29 is 9.50 Å². The molecule has 0 spiro atoms. The molecule has 0 amide bonds. The second-order valence-electron chi connectivity index (χ2n) is 5.36. The number of aliphatic hydroxyl groups is 1. The highest BCUT2D eigenvalue weighted by Gasteiger charge is 2.15. The number of benzene rings is 2. The third-order valence-corrected chi connectivity index (χ3v) is 4.05. The van der Waals surface area contributed by atoms with Crippen LogP contribution in [0.4, 0.5) is 10.1 Å². The molecule has 22 heavy (non-hydrogen) atoms. The molecule has 0 bridgehead atoms. The minimum absolute atomic E-state index is 0.0353. The molecule has 1 unspecified atom stereocenters. The summed E-state index contributed by atoms with van der Waals surface area (Å²) in [4.78, 5) is 0. The molecule has 4 heteroatoms. The smallest absolute Gasteiger partial charge is 0.142 e. The van der Waals surface area contributed by atoms with Gasteiger partial charge in [-0.3, -0.25) is 0 Å². The minimum atomic E-state index is -0.422. The third kappa shape index (κ3) is 4.21. The summed E-state index contributed by atoms with van der Waals surface area (Å²) in [6.07, 6.45) is 2.35. The van der Waals surface area contributed by atoms with Crippen molar-refractivity contribution in [2.75, 3.05) is 11.9 Å². The van der Waals surface area contributed by atoms with Crippen LogP contribution in [0.15, 0.2) is 42.5 Å². The monoisotopic (exact) mass is 321 g/mol. The van der Waals surface area contributed by atoms with Crippen LogP contribution in [0, 0.1) is 5.82 Å². The van der Waals surface area contributed by atoms with Gasteiger partial charge in [-0.25, -0.2) is 4.39 Å². The van der Waals surface area contributed by atoms with E-state index in [-0.39, 0.29) is 17.7 Å². The van der Waals surface area contributed by atoms with Gasteiger partial charge in [0, 0.05) is 23.7 Å². The van der Waals surface area contributed by atoms with Gasteiger partial charge in [-0.1, -0.05) is 55.3 Å². The summed E-state index contributed by atoms with van der Waals surface area (Å²) in [5.74, 6) is -0.422. The number of anilines is 1. The van der Waals surface area contributed by atoms with Crippen LogP contribution in [-0.4, -0.2) is 17.8 Å². The predicted octanol–water partition coefficient (Wildman–Crippen LogP) is 4.64. The van der Waals surface area contributed by atoms with Crippen molar-refractivity contribution in [3.63, 3.8) is 0 Å². The molecule has 0 radical (unpaired) electrons. The van der Waals surface area contributed by atoms with E-state index < -0.39 is 5.82 Å². The Hall–Kier alpha value is -1.58. The van der Waals surface area contributed by atoms with Crippen LogP contribution in [0.2, 0.25) is 5.02 Å². The molecule has 2 nitrogen and oxygen atoms in total. The van der Waals surface area contributed by atoms with Crippen molar-refractivity contribution in [1.29, 1.82) is 0 Å². The Kier molecular flexibility index (Phi) is 6.22. The van der Waals surface area contributed by atoms with E-state index in [4.69, 9.17) is 11.6 Å². The predicted molar refractivity (Wildman–Crippen MR) is 90.1 cm³/mol. The summed E-state index contributed by atoms with van der Waals surface area (Å²) >= 11 is 6.17. The Morgan fingerprint density at radius 3 is 2.55 bits per heavy atom. The Labute approximate surface area is 135 Å². The van der Waals surface area contributed by atoms with Crippen molar-refractivity contribution in [3.8, 4) is 0 Å². The maximum atomic E-state index is 13.8. The Balaban J connectivity index is 2.31. The summed E-state index contributed by atoms with van der Waals surface area (Å²) in [5, 5.41) is 12.9. The molecule has 0 saturated heterocycles. The van der Waals surface area contributed by atoms with E-state index in [1.54, 1.807) is 6.07 Å². The maximum absolute atomic E-state index is 13.8. The maximum Gasteiger partial charge on any atom is 0.142 e. The summed E-state index contributed by atoms with van der Waals surface area (Å²) in [5.41, 5.74) is 2.57. The normalized spacial score (nSPS) is 12.2. The molecule has 2 aromatic rings. The third-order valence-electron chi connectivity index (χ3n) is 3.64. The lowest BCUT2D eigenvalue weighted by atomic mass is 10.0. The molecule has 2 aromatic carbocycles. The fourth-order valence-corrected chi connectivity index (χ4v) is 2.71. The summed E-state index contributed by atoms with van der Waals surface area (Å²) in [6.45, 7) is 2.10. The lowest BCUT2D eigenvalue weighted by molar-refractivity contribution is 0.268. The second kappa shape index (κ2) is 8.16. The molecule has 0 saturated carbocycles. The molecule has 1 atom stereocenters. The lowest BCUT2D eigenvalue weighted by Gasteiger charge is -2.20. The molecule has 0 fully saturated rings. The van der Waals surface area contributed by atoms with E-state index in [0.717, 1.165) is 29.7 Å². The van der Waals surface area contributed by atoms with Gasteiger partial charge in [-0.15, -0.1) is 0 Å². The molecular formula is C18H21ClFNO. The van der Waals surface area contributed by atoms with Gasteiger partial charge in [-0.05, 0) is 24.1 Å². The topological polar surface area (TPSA) is 32.3 Å². The van der Waals surface area contributed by atoms with Crippen molar-refractivity contribution in [2.45, 2.75) is 32.2 Å². The summed E-state index contributed by atoms with van der Waals surface area (Å²) in [7, 11) is 0. The van der Waals surface area contributed by atoms with Crippen LogP contribution < -0.4 is 5.32 Å². The first-order valence-electron chi connectivity index (χ1n) is 7.53. The molecule has 0 aliphatic carbocycles. The van der Waals surface area contributed by atoms with Crippen LogP contribution in [0.3, 0.4) is 0 Å². The quantitative estimate of drug-likeness (QED) is 0.778. The number of hydrogen-bond donors (Lipinski definition) is 2. The first-order chi connectivity index (χ1) is 10.7. The van der Waals surface area contributed by atoms with Crippen LogP contribution in [0.5, 0.6) is 0 Å². The van der Waals surface area contributed by atoms with Gasteiger partial charge in [0.25, 0.3) is 0 Å². The van der Waals surface area contributed by atoms with Gasteiger partial charge in [0.05, 0.1) is 11.6 Å². The highest BCUT2D eigenvalue weighted by Crippen LogP contribution is 2.30. The first-order valence-corrected chi connectivity index (χ1v) is 7.91. The Morgan fingerprint density at radius 2 is 1.91 bits per heavy atom. The zero-order valence-corrected chi connectivity index (χ0v) is 13.4. The van der Waals surface area contributed by atoms with Gasteiger partial charge >= 0.3 is 0 Å². The van der Waals surface area contributed by atoms with Gasteiger partial charge in [0.15, 0.2) is 0 Å². The molecule has 2 N–H and O–H groups in total. The summed E-state index contributed by atoms with van der Waals surface area (Å²) in [6, 6.07) is 12.8.